The fourth-order valence-electron chi connectivity index (χ4n) is 1.71. The molecule has 2 rings (SSSR count). The lowest BCUT2D eigenvalue weighted by Gasteiger charge is -2.08. The van der Waals surface area contributed by atoms with Gasteiger partial charge in [0.15, 0.2) is 0 Å². The molecule has 1 heterocycles. The molecular weight excluding hydrogens is 280 g/mol. The van der Waals surface area contributed by atoms with E-state index in [0.717, 1.165) is 5.56 Å². The zero-order chi connectivity index (χ0) is 14.7. The van der Waals surface area contributed by atoms with Gasteiger partial charge in [-0.15, -0.1) is 0 Å². The molecule has 20 heavy (non-hydrogen) atoms. The van der Waals surface area contributed by atoms with Crippen molar-refractivity contribution >= 4 is 29.2 Å². The highest BCUT2D eigenvalue weighted by Crippen LogP contribution is 2.17. The first kappa shape index (κ1) is 14.0. The van der Waals surface area contributed by atoms with Crippen LogP contribution in [0.3, 0.4) is 0 Å². The van der Waals surface area contributed by atoms with Crippen LogP contribution >= 0.6 is 11.6 Å². The number of carboxylic acids is 1. The van der Waals surface area contributed by atoms with Crippen molar-refractivity contribution in [2.75, 3.05) is 5.32 Å². The van der Waals surface area contributed by atoms with E-state index in [9.17, 15) is 9.59 Å². The number of nitrogens with one attached hydrogen (secondary N) is 1. The zero-order valence-corrected chi connectivity index (χ0v) is 11.3. The molecule has 0 unspecified atom stereocenters. The zero-order valence-electron chi connectivity index (χ0n) is 10.6. The summed E-state index contributed by atoms with van der Waals surface area (Å²) in [7, 11) is 0. The van der Waals surface area contributed by atoms with Gasteiger partial charge in [0.25, 0.3) is 5.91 Å². The van der Waals surface area contributed by atoms with Crippen LogP contribution in [0.25, 0.3) is 0 Å². The van der Waals surface area contributed by atoms with Gasteiger partial charge in [-0.2, -0.15) is 0 Å². The van der Waals surface area contributed by atoms with E-state index in [4.69, 9.17) is 16.7 Å². The molecular formula is C14H11ClN2O3. The average Bonchev–Trinajstić information content (AvgIpc) is 2.38. The fourth-order valence-corrected chi connectivity index (χ4v) is 1.93. The predicted octanol–water partition coefficient (Wildman–Crippen LogP) is 2.99. The Kier molecular flexibility index (Phi) is 4.00. The number of anilines is 1. The number of carboxylic acid groups (broad SMARTS) is 1. The summed E-state index contributed by atoms with van der Waals surface area (Å²) in [5, 5.41) is 12.0. The highest BCUT2D eigenvalue weighted by Gasteiger charge is 2.11. The van der Waals surface area contributed by atoms with E-state index in [1.165, 1.54) is 18.3 Å². The Morgan fingerprint density at radius 2 is 2.00 bits per heavy atom. The highest BCUT2D eigenvalue weighted by atomic mass is 35.5. The summed E-state index contributed by atoms with van der Waals surface area (Å²) in [5.74, 6) is -1.48. The second-order valence-electron chi connectivity index (χ2n) is 4.15. The number of pyridine rings is 1. The SMILES string of the molecule is Cc1cc(Cl)ccc1C(=O)Nc1ccnc(C(=O)O)c1. The van der Waals surface area contributed by atoms with Crippen LogP contribution < -0.4 is 5.32 Å². The van der Waals surface area contributed by atoms with Crippen LogP contribution in [0.15, 0.2) is 36.5 Å². The Labute approximate surface area is 120 Å². The maximum absolute atomic E-state index is 12.1. The summed E-state index contributed by atoms with van der Waals surface area (Å²) in [6, 6.07) is 7.75. The van der Waals surface area contributed by atoms with Crippen LogP contribution in [0.5, 0.6) is 0 Å². The van der Waals surface area contributed by atoms with Gasteiger partial charge in [-0.1, -0.05) is 11.6 Å². The molecule has 0 fully saturated rings. The third kappa shape index (κ3) is 3.13. The molecule has 6 heteroatoms. The molecule has 1 aromatic carbocycles. The Balaban J connectivity index is 2.23. The summed E-state index contributed by atoms with van der Waals surface area (Å²) < 4.78 is 0. The first-order valence-corrected chi connectivity index (χ1v) is 6.12. The minimum atomic E-state index is -1.15. The van der Waals surface area contributed by atoms with Crippen molar-refractivity contribution in [3.05, 3.63) is 58.4 Å². The number of nitrogens with zero attached hydrogens (tertiary/aromatic N) is 1. The monoisotopic (exact) mass is 290 g/mol. The van der Waals surface area contributed by atoms with Crippen LogP contribution in [-0.2, 0) is 0 Å². The standard InChI is InChI=1S/C14H11ClN2O3/c1-8-6-9(15)2-3-11(8)13(18)17-10-4-5-16-12(7-10)14(19)20/h2-7H,1H3,(H,19,20)(H,16,17,18). The molecule has 0 aliphatic carbocycles. The summed E-state index contributed by atoms with van der Waals surface area (Å²) >= 11 is 5.83. The van der Waals surface area contributed by atoms with Crippen LogP contribution in [0.1, 0.15) is 26.4 Å². The van der Waals surface area contributed by atoms with Crippen molar-refractivity contribution in [1.29, 1.82) is 0 Å². The Hall–Kier alpha value is -2.40. The topological polar surface area (TPSA) is 79.3 Å². The maximum atomic E-state index is 12.1. The minimum Gasteiger partial charge on any atom is -0.477 e. The number of rotatable bonds is 3. The number of aromatic carboxylic acids is 1. The smallest absolute Gasteiger partial charge is 0.354 e. The average molecular weight is 291 g/mol. The fraction of sp³-hybridized carbons (Fsp3) is 0.0714. The van der Waals surface area contributed by atoms with Gasteiger partial charge in [0.1, 0.15) is 5.69 Å². The molecule has 0 saturated heterocycles. The van der Waals surface area contributed by atoms with E-state index in [2.05, 4.69) is 10.3 Å². The van der Waals surface area contributed by atoms with Crippen molar-refractivity contribution in [3.63, 3.8) is 0 Å². The van der Waals surface area contributed by atoms with Gasteiger partial charge in [-0.3, -0.25) is 4.79 Å². The third-order valence-corrected chi connectivity index (χ3v) is 2.91. The second kappa shape index (κ2) is 5.71. The Morgan fingerprint density at radius 1 is 1.25 bits per heavy atom. The summed E-state index contributed by atoms with van der Waals surface area (Å²) in [6.07, 6.45) is 1.33. The van der Waals surface area contributed by atoms with Gasteiger partial charge in [0.05, 0.1) is 0 Å². The van der Waals surface area contributed by atoms with E-state index in [1.807, 2.05) is 0 Å². The van der Waals surface area contributed by atoms with Gasteiger partial charge in [-0.05, 0) is 42.8 Å². The Bertz CT molecular complexity index is 686. The summed E-state index contributed by atoms with van der Waals surface area (Å²) in [5.41, 5.74) is 1.46. The number of aromatic nitrogens is 1. The number of carbonyl (C=O) groups is 2. The highest BCUT2D eigenvalue weighted by molar-refractivity contribution is 6.30. The molecule has 0 atom stereocenters. The molecule has 2 aromatic rings. The normalized spacial score (nSPS) is 10.1. The number of benzene rings is 1. The third-order valence-electron chi connectivity index (χ3n) is 2.67. The van der Waals surface area contributed by atoms with E-state index >= 15 is 0 Å². The maximum Gasteiger partial charge on any atom is 0.354 e. The van der Waals surface area contributed by atoms with Crippen LogP contribution in [0.2, 0.25) is 5.02 Å². The molecule has 102 valence electrons. The molecule has 5 nitrogen and oxygen atoms in total. The van der Waals surface area contributed by atoms with E-state index in [1.54, 1.807) is 25.1 Å². The second-order valence-corrected chi connectivity index (χ2v) is 4.58. The van der Waals surface area contributed by atoms with Gasteiger partial charge in [-0.25, -0.2) is 9.78 Å². The van der Waals surface area contributed by atoms with E-state index in [-0.39, 0.29) is 11.6 Å². The molecule has 2 N–H and O–H groups in total. The molecule has 1 amide bonds. The molecule has 0 aliphatic heterocycles. The Morgan fingerprint density at radius 3 is 2.65 bits per heavy atom. The van der Waals surface area contributed by atoms with Gasteiger partial charge < -0.3 is 10.4 Å². The number of aryl methyl sites for hydroxylation is 1. The quantitative estimate of drug-likeness (QED) is 0.911. The largest absolute Gasteiger partial charge is 0.477 e. The van der Waals surface area contributed by atoms with E-state index < -0.39 is 5.97 Å². The molecule has 1 aromatic heterocycles. The van der Waals surface area contributed by atoms with Gasteiger partial charge >= 0.3 is 5.97 Å². The lowest BCUT2D eigenvalue weighted by atomic mass is 10.1. The van der Waals surface area contributed by atoms with E-state index in [0.29, 0.717) is 16.3 Å². The number of hydrogen-bond acceptors (Lipinski definition) is 3. The lowest BCUT2D eigenvalue weighted by molar-refractivity contribution is 0.0690. The molecule has 0 aliphatic rings. The van der Waals surface area contributed by atoms with Gasteiger partial charge in [0.2, 0.25) is 0 Å². The first-order valence-electron chi connectivity index (χ1n) is 5.74. The minimum absolute atomic E-state index is 0.129. The lowest BCUT2D eigenvalue weighted by Crippen LogP contribution is -2.14. The summed E-state index contributed by atoms with van der Waals surface area (Å²) in [6.45, 7) is 1.77. The van der Waals surface area contributed by atoms with Crippen molar-refractivity contribution in [1.82, 2.24) is 4.98 Å². The molecule has 0 spiro atoms. The van der Waals surface area contributed by atoms with Crippen molar-refractivity contribution in [2.24, 2.45) is 0 Å². The molecule has 0 saturated carbocycles. The van der Waals surface area contributed by atoms with Crippen LogP contribution in [0.4, 0.5) is 5.69 Å². The summed E-state index contributed by atoms with van der Waals surface area (Å²) in [4.78, 5) is 26.6. The molecule has 0 bridgehead atoms. The van der Waals surface area contributed by atoms with Crippen molar-refractivity contribution < 1.29 is 14.7 Å². The van der Waals surface area contributed by atoms with Gasteiger partial charge in [0, 0.05) is 22.5 Å². The molecule has 0 radical (unpaired) electrons. The van der Waals surface area contributed by atoms with Crippen LogP contribution in [0, 0.1) is 6.92 Å². The van der Waals surface area contributed by atoms with Crippen molar-refractivity contribution in [2.45, 2.75) is 6.92 Å². The number of carbonyl (C=O) groups excluding carboxylic acids is 1. The number of hydrogen-bond donors (Lipinski definition) is 2. The van der Waals surface area contributed by atoms with Crippen molar-refractivity contribution in [3.8, 4) is 0 Å². The first-order chi connectivity index (χ1) is 9.47. The number of halogens is 1. The predicted molar refractivity (Wildman–Crippen MR) is 75.3 cm³/mol. The number of amides is 1. The van der Waals surface area contributed by atoms with Crippen LogP contribution in [-0.4, -0.2) is 22.0 Å².